The van der Waals surface area contributed by atoms with Crippen molar-refractivity contribution >= 4 is 21.8 Å². The molecule has 1 aliphatic heterocycles. The molecule has 0 aromatic heterocycles. The summed E-state index contributed by atoms with van der Waals surface area (Å²) in [7, 11) is 0. The standard InChI is InChI=1S/C16H23BrN2O/c1-12(2)19-8-6-13(7-9-19)11-18-16(20)14-4-3-5-15(17)10-14/h3-5,10,12-13H,6-9,11H2,1-2H3,(H,18,20). The highest BCUT2D eigenvalue weighted by molar-refractivity contribution is 9.10. The topological polar surface area (TPSA) is 32.3 Å². The van der Waals surface area contributed by atoms with Gasteiger partial charge in [-0.25, -0.2) is 0 Å². The second-order valence-electron chi connectivity index (χ2n) is 5.79. The number of likely N-dealkylation sites (tertiary alicyclic amines) is 1. The number of nitrogens with one attached hydrogen (secondary N) is 1. The Balaban J connectivity index is 1.77. The first-order chi connectivity index (χ1) is 9.56. The zero-order valence-electron chi connectivity index (χ0n) is 12.2. The highest BCUT2D eigenvalue weighted by atomic mass is 79.9. The number of carbonyl (C=O) groups excluding carboxylic acids is 1. The van der Waals surface area contributed by atoms with Crippen LogP contribution in [0.2, 0.25) is 0 Å². The molecule has 0 radical (unpaired) electrons. The Morgan fingerprint density at radius 1 is 1.40 bits per heavy atom. The minimum Gasteiger partial charge on any atom is -0.352 e. The van der Waals surface area contributed by atoms with Crippen molar-refractivity contribution in [3.63, 3.8) is 0 Å². The van der Waals surface area contributed by atoms with Gasteiger partial charge in [0.2, 0.25) is 0 Å². The molecule has 1 aromatic rings. The van der Waals surface area contributed by atoms with Crippen LogP contribution in [0, 0.1) is 5.92 Å². The second-order valence-corrected chi connectivity index (χ2v) is 6.71. The van der Waals surface area contributed by atoms with Crippen molar-refractivity contribution in [2.45, 2.75) is 32.7 Å². The van der Waals surface area contributed by atoms with E-state index in [4.69, 9.17) is 0 Å². The minimum absolute atomic E-state index is 0.0255. The van der Waals surface area contributed by atoms with E-state index in [0.717, 1.165) is 29.7 Å². The first kappa shape index (κ1) is 15.5. The molecule has 0 spiro atoms. The van der Waals surface area contributed by atoms with Gasteiger partial charge in [-0.3, -0.25) is 4.79 Å². The maximum atomic E-state index is 12.1. The van der Waals surface area contributed by atoms with Crippen LogP contribution in [0.3, 0.4) is 0 Å². The smallest absolute Gasteiger partial charge is 0.251 e. The van der Waals surface area contributed by atoms with Crippen molar-refractivity contribution in [2.24, 2.45) is 5.92 Å². The van der Waals surface area contributed by atoms with Gasteiger partial charge in [-0.05, 0) is 63.9 Å². The van der Waals surface area contributed by atoms with E-state index in [9.17, 15) is 4.79 Å². The fraction of sp³-hybridized carbons (Fsp3) is 0.562. The maximum Gasteiger partial charge on any atom is 0.251 e. The number of nitrogens with zero attached hydrogens (tertiary/aromatic N) is 1. The van der Waals surface area contributed by atoms with Crippen LogP contribution in [-0.2, 0) is 0 Å². The van der Waals surface area contributed by atoms with Crippen LogP contribution in [0.4, 0.5) is 0 Å². The number of benzene rings is 1. The maximum absolute atomic E-state index is 12.1. The molecule has 0 saturated carbocycles. The summed E-state index contributed by atoms with van der Waals surface area (Å²) in [6.07, 6.45) is 2.36. The zero-order chi connectivity index (χ0) is 14.5. The van der Waals surface area contributed by atoms with Gasteiger partial charge in [-0.15, -0.1) is 0 Å². The van der Waals surface area contributed by atoms with Crippen LogP contribution in [0.15, 0.2) is 28.7 Å². The molecule has 0 bridgehead atoms. The van der Waals surface area contributed by atoms with Crippen LogP contribution in [0.25, 0.3) is 0 Å². The minimum atomic E-state index is 0.0255. The Bertz CT molecular complexity index is 454. The number of amides is 1. The van der Waals surface area contributed by atoms with Gasteiger partial charge in [0.25, 0.3) is 5.91 Å². The average molecular weight is 339 g/mol. The lowest BCUT2D eigenvalue weighted by Gasteiger charge is -2.34. The number of piperidine rings is 1. The molecule has 2 rings (SSSR count). The van der Waals surface area contributed by atoms with Gasteiger partial charge in [0.15, 0.2) is 0 Å². The van der Waals surface area contributed by atoms with Crippen molar-refractivity contribution in [2.75, 3.05) is 19.6 Å². The molecule has 0 aliphatic carbocycles. The Hall–Kier alpha value is -0.870. The molecule has 1 heterocycles. The molecule has 3 nitrogen and oxygen atoms in total. The van der Waals surface area contributed by atoms with Crippen molar-refractivity contribution in [1.29, 1.82) is 0 Å². The third-order valence-corrected chi connectivity index (χ3v) is 4.51. The number of hydrogen-bond acceptors (Lipinski definition) is 2. The summed E-state index contributed by atoms with van der Waals surface area (Å²) in [6.45, 7) is 7.58. The van der Waals surface area contributed by atoms with Gasteiger partial charge in [-0.2, -0.15) is 0 Å². The predicted molar refractivity (Wildman–Crippen MR) is 85.9 cm³/mol. The summed E-state index contributed by atoms with van der Waals surface area (Å²) < 4.78 is 0.940. The zero-order valence-corrected chi connectivity index (χ0v) is 13.8. The number of halogens is 1. The molecule has 0 atom stereocenters. The molecule has 0 unspecified atom stereocenters. The van der Waals surface area contributed by atoms with Crippen LogP contribution in [-0.4, -0.2) is 36.5 Å². The summed E-state index contributed by atoms with van der Waals surface area (Å²) in [6, 6.07) is 8.16. The van der Waals surface area contributed by atoms with E-state index in [2.05, 4.69) is 40.0 Å². The van der Waals surface area contributed by atoms with E-state index in [1.807, 2.05) is 24.3 Å². The van der Waals surface area contributed by atoms with Crippen LogP contribution < -0.4 is 5.32 Å². The Kier molecular flexibility index (Phi) is 5.61. The molecule has 1 aromatic carbocycles. The van der Waals surface area contributed by atoms with Gasteiger partial charge in [0.1, 0.15) is 0 Å². The number of hydrogen-bond donors (Lipinski definition) is 1. The van der Waals surface area contributed by atoms with E-state index in [1.165, 1.54) is 12.8 Å². The third kappa shape index (κ3) is 4.32. The lowest BCUT2D eigenvalue weighted by Crippen LogP contribution is -2.41. The van der Waals surface area contributed by atoms with Gasteiger partial charge < -0.3 is 10.2 Å². The Morgan fingerprint density at radius 2 is 2.10 bits per heavy atom. The van der Waals surface area contributed by atoms with E-state index in [-0.39, 0.29) is 5.91 Å². The monoisotopic (exact) mass is 338 g/mol. The van der Waals surface area contributed by atoms with Crippen molar-refractivity contribution < 1.29 is 4.79 Å². The largest absolute Gasteiger partial charge is 0.352 e. The molecule has 1 saturated heterocycles. The summed E-state index contributed by atoms with van der Waals surface area (Å²) in [5.41, 5.74) is 0.721. The SMILES string of the molecule is CC(C)N1CCC(CNC(=O)c2cccc(Br)c2)CC1. The molecule has 1 aliphatic rings. The van der Waals surface area contributed by atoms with Crippen LogP contribution in [0.5, 0.6) is 0 Å². The number of carbonyl (C=O) groups is 1. The summed E-state index contributed by atoms with van der Waals surface area (Å²) >= 11 is 3.39. The fourth-order valence-corrected chi connectivity index (χ4v) is 3.04. The molecule has 1 amide bonds. The van der Waals surface area contributed by atoms with E-state index >= 15 is 0 Å². The molecule has 4 heteroatoms. The average Bonchev–Trinajstić information content (AvgIpc) is 2.45. The van der Waals surface area contributed by atoms with E-state index in [1.54, 1.807) is 0 Å². The van der Waals surface area contributed by atoms with Gasteiger partial charge in [0.05, 0.1) is 0 Å². The Morgan fingerprint density at radius 3 is 2.70 bits per heavy atom. The fourth-order valence-electron chi connectivity index (χ4n) is 2.64. The lowest BCUT2D eigenvalue weighted by molar-refractivity contribution is 0.0929. The van der Waals surface area contributed by atoms with Crippen molar-refractivity contribution in [3.05, 3.63) is 34.3 Å². The van der Waals surface area contributed by atoms with E-state index in [0.29, 0.717) is 12.0 Å². The van der Waals surface area contributed by atoms with Crippen LogP contribution in [0.1, 0.15) is 37.0 Å². The lowest BCUT2D eigenvalue weighted by atomic mass is 9.96. The van der Waals surface area contributed by atoms with Crippen molar-refractivity contribution in [1.82, 2.24) is 10.2 Å². The number of rotatable bonds is 4. The molecule has 110 valence electrons. The quantitative estimate of drug-likeness (QED) is 0.913. The van der Waals surface area contributed by atoms with Crippen molar-refractivity contribution in [3.8, 4) is 0 Å². The predicted octanol–water partition coefficient (Wildman–Crippen LogP) is 3.30. The first-order valence-electron chi connectivity index (χ1n) is 7.34. The van der Waals surface area contributed by atoms with Gasteiger partial charge >= 0.3 is 0 Å². The van der Waals surface area contributed by atoms with Gasteiger partial charge in [-0.1, -0.05) is 22.0 Å². The Labute approximate surface area is 129 Å². The van der Waals surface area contributed by atoms with Gasteiger partial charge in [0, 0.05) is 22.6 Å². The van der Waals surface area contributed by atoms with E-state index < -0.39 is 0 Å². The summed E-state index contributed by atoms with van der Waals surface area (Å²) in [5.74, 6) is 0.638. The molecule has 20 heavy (non-hydrogen) atoms. The highest BCUT2D eigenvalue weighted by Gasteiger charge is 2.21. The highest BCUT2D eigenvalue weighted by Crippen LogP contribution is 2.18. The third-order valence-electron chi connectivity index (χ3n) is 4.02. The van der Waals surface area contributed by atoms with Crippen LogP contribution >= 0.6 is 15.9 Å². The molecular formula is C16H23BrN2O. The molecular weight excluding hydrogens is 316 g/mol. The normalized spacial score (nSPS) is 17.4. The summed E-state index contributed by atoms with van der Waals surface area (Å²) in [5, 5.41) is 3.06. The molecule has 1 N–H and O–H groups in total. The first-order valence-corrected chi connectivity index (χ1v) is 8.13. The second kappa shape index (κ2) is 7.23. The molecule has 1 fully saturated rings. The summed E-state index contributed by atoms with van der Waals surface area (Å²) in [4.78, 5) is 14.6.